The standard InChI is InChI=1S/C14H26N2O2.ClH/c1-18-14(8-10-15-11-9-14)13(17)16-12-6-4-2-3-5-7-12;/h12,15H,2-11H2,1H3,(H,16,17);1H. The molecule has 1 aliphatic heterocycles. The summed E-state index contributed by atoms with van der Waals surface area (Å²) in [6.45, 7) is 1.73. The molecule has 0 bridgehead atoms. The first-order valence-corrected chi connectivity index (χ1v) is 7.34. The van der Waals surface area contributed by atoms with Gasteiger partial charge in [0.1, 0.15) is 5.60 Å². The molecular weight excluding hydrogens is 264 g/mol. The van der Waals surface area contributed by atoms with Crippen LogP contribution in [-0.4, -0.2) is 37.7 Å². The Morgan fingerprint density at radius 3 is 2.26 bits per heavy atom. The van der Waals surface area contributed by atoms with Crippen molar-refractivity contribution in [3.05, 3.63) is 0 Å². The van der Waals surface area contributed by atoms with Gasteiger partial charge in [-0.1, -0.05) is 25.7 Å². The van der Waals surface area contributed by atoms with Crippen LogP contribution in [0.5, 0.6) is 0 Å². The number of carbonyl (C=O) groups is 1. The Balaban J connectivity index is 0.00000180. The van der Waals surface area contributed by atoms with E-state index < -0.39 is 5.60 Å². The summed E-state index contributed by atoms with van der Waals surface area (Å²) in [7, 11) is 1.66. The number of hydrogen-bond donors (Lipinski definition) is 2. The summed E-state index contributed by atoms with van der Waals surface area (Å²) in [5, 5.41) is 6.51. The van der Waals surface area contributed by atoms with E-state index in [1.54, 1.807) is 7.11 Å². The number of piperidine rings is 1. The molecule has 1 amide bonds. The monoisotopic (exact) mass is 290 g/mol. The smallest absolute Gasteiger partial charge is 0.252 e. The van der Waals surface area contributed by atoms with Gasteiger partial charge in [0.05, 0.1) is 0 Å². The third-order valence-electron chi connectivity index (χ3n) is 4.41. The van der Waals surface area contributed by atoms with Gasteiger partial charge in [-0.3, -0.25) is 4.79 Å². The first-order valence-electron chi connectivity index (χ1n) is 7.34. The second-order valence-corrected chi connectivity index (χ2v) is 5.61. The molecule has 1 saturated carbocycles. The lowest BCUT2D eigenvalue weighted by Crippen LogP contribution is -2.56. The summed E-state index contributed by atoms with van der Waals surface area (Å²) < 4.78 is 5.56. The molecule has 5 heteroatoms. The quantitative estimate of drug-likeness (QED) is 0.782. The molecule has 2 rings (SSSR count). The van der Waals surface area contributed by atoms with Crippen LogP contribution in [0.25, 0.3) is 0 Å². The highest BCUT2D eigenvalue weighted by Gasteiger charge is 2.40. The van der Waals surface area contributed by atoms with Gasteiger partial charge in [-0.15, -0.1) is 12.4 Å². The minimum Gasteiger partial charge on any atom is -0.368 e. The van der Waals surface area contributed by atoms with Crippen LogP contribution < -0.4 is 10.6 Å². The Morgan fingerprint density at radius 2 is 1.74 bits per heavy atom. The molecule has 0 radical (unpaired) electrons. The number of nitrogens with one attached hydrogen (secondary N) is 2. The van der Waals surface area contributed by atoms with Crippen LogP contribution >= 0.6 is 12.4 Å². The molecule has 2 aliphatic rings. The Morgan fingerprint density at radius 1 is 1.16 bits per heavy atom. The highest BCUT2D eigenvalue weighted by Crippen LogP contribution is 2.24. The summed E-state index contributed by atoms with van der Waals surface area (Å²) in [5.41, 5.74) is -0.586. The molecule has 0 aromatic rings. The van der Waals surface area contributed by atoms with Gasteiger partial charge in [0.2, 0.25) is 0 Å². The van der Waals surface area contributed by atoms with Crippen LogP contribution in [0.1, 0.15) is 51.4 Å². The fraction of sp³-hybridized carbons (Fsp3) is 0.929. The lowest BCUT2D eigenvalue weighted by Gasteiger charge is -2.36. The molecule has 1 aliphatic carbocycles. The number of rotatable bonds is 3. The SMILES string of the molecule is COC1(C(=O)NC2CCCCCC2)CCNCC1.Cl. The molecule has 0 aromatic carbocycles. The van der Waals surface area contributed by atoms with Crippen molar-refractivity contribution < 1.29 is 9.53 Å². The molecule has 19 heavy (non-hydrogen) atoms. The average Bonchev–Trinajstić information content (AvgIpc) is 2.68. The first kappa shape index (κ1) is 16.7. The fourth-order valence-corrected chi connectivity index (χ4v) is 3.10. The van der Waals surface area contributed by atoms with Gasteiger partial charge < -0.3 is 15.4 Å². The van der Waals surface area contributed by atoms with E-state index in [-0.39, 0.29) is 18.3 Å². The molecule has 0 atom stereocenters. The minimum atomic E-state index is -0.586. The number of hydrogen-bond acceptors (Lipinski definition) is 3. The topological polar surface area (TPSA) is 50.4 Å². The van der Waals surface area contributed by atoms with Crippen molar-refractivity contribution in [2.75, 3.05) is 20.2 Å². The predicted molar refractivity (Wildman–Crippen MR) is 78.7 cm³/mol. The van der Waals surface area contributed by atoms with E-state index in [4.69, 9.17) is 4.74 Å². The summed E-state index contributed by atoms with van der Waals surface area (Å²) in [4.78, 5) is 12.5. The number of halogens is 1. The zero-order valence-electron chi connectivity index (χ0n) is 11.9. The van der Waals surface area contributed by atoms with Gasteiger partial charge in [0, 0.05) is 13.2 Å². The summed E-state index contributed by atoms with van der Waals surface area (Å²) in [6.07, 6.45) is 8.92. The molecule has 2 N–H and O–H groups in total. The third-order valence-corrected chi connectivity index (χ3v) is 4.41. The molecule has 4 nitrogen and oxygen atoms in total. The Kier molecular flexibility index (Phi) is 7.11. The minimum absolute atomic E-state index is 0. The van der Waals surface area contributed by atoms with Crippen molar-refractivity contribution >= 4 is 18.3 Å². The number of ether oxygens (including phenoxy) is 1. The van der Waals surface area contributed by atoms with Gasteiger partial charge in [-0.25, -0.2) is 0 Å². The van der Waals surface area contributed by atoms with Gasteiger partial charge in [-0.05, 0) is 38.8 Å². The Hall–Kier alpha value is -0.320. The second kappa shape index (κ2) is 8.08. The second-order valence-electron chi connectivity index (χ2n) is 5.61. The molecular formula is C14H27ClN2O2. The van der Waals surface area contributed by atoms with Gasteiger partial charge in [-0.2, -0.15) is 0 Å². The van der Waals surface area contributed by atoms with Crippen LogP contribution in [-0.2, 0) is 9.53 Å². The Bertz CT molecular complexity index is 273. The van der Waals surface area contributed by atoms with Crippen molar-refractivity contribution in [2.45, 2.75) is 63.0 Å². The summed E-state index contributed by atoms with van der Waals surface area (Å²) >= 11 is 0. The van der Waals surface area contributed by atoms with E-state index in [9.17, 15) is 4.79 Å². The highest BCUT2D eigenvalue weighted by atomic mass is 35.5. The van der Waals surface area contributed by atoms with Crippen molar-refractivity contribution in [2.24, 2.45) is 0 Å². The molecule has 0 aromatic heterocycles. The summed E-state index contributed by atoms with van der Waals surface area (Å²) in [6, 6.07) is 0.363. The van der Waals surface area contributed by atoms with Crippen molar-refractivity contribution in [1.82, 2.24) is 10.6 Å². The Labute approximate surface area is 122 Å². The number of amides is 1. The molecule has 0 spiro atoms. The number of carbonyl (C=O) groups excluding carboxylic acids is 1. The largest absolute Gasteiger partial charge is 0.368 e. The number of methoxy groups -OCH3 is 1. The first-order chi connectivity index (χ1) is 8.77. The lowest BCUT2D eigenvalue weighted by atomic mass is 9.90. The molecule has 0 unspecified atom stereocenters. The maximum Gasteiger partial charge on any atom is 0.252 e. The predicted octanol–water partition coefficient (Wildman–Crippen LogP) is 2.02. The zero-order chi connectivity index (χ0) is 12.8. The van der Waals surface area contributed by atoms with E-state index in [1.807, 2.05) is 0 Å². The molecule has 1 heterocycles. The molecule has 112 valence electrons. The summed E-state index contributed by atoms with van der Waals surface area (Å²) in [5.74, 6) is 0.110. The van der Waals surface area contributed by atoms with Gasteiger partial charge >= 0.3 is 0 Å². The van der Waals surface area contributed by atoms with Crippen LogP contribution in [0.2, 0.25) is 0 Å². The van der Waals surface area contributed by atoms with Crippen molar-refractivity contribution in [1.29, 1.82) is 0 Å². The normalized spacial score (nSPS) is 24.1. The average molecular weight is 291 g/mol. The van der Waals surface area contributed by atoms with E-state index in [0.29, 0.717) is 6.04 Å². The maximum atomic E-state index is 12.5. The van der Waals surface area contributed by atoms with Gasteiger partial charge in [0.25, 0.3) is 5.91 Å². The fourth-order valence-electron chi connectivity index (χ4n) is 3.10. The van der Waals surface area contributed by atoms with E-state index in [0.717, 1.165) is 38.8 Å². The van der Waals surface area contributed by atoms with E-state index in [1.165, 1.54) is 25.7 Å². The lowest BCUT2D eigenvalue weighted by molar-refractivity contribution is -0.147. The van der Waals surface area contributed by atoms with Gasteiger partial charge in [0.15, 0.2) is 0 Å². The van der Waals surface area contributed by atoms with Crippen molar-refractivity contribution in [3.63, 3.8) is 0 Å². The van der Waals surface area contributed by atoms with Crippen molar-refractivity contribution in [3.8, 4) is 0 Å². The third kappa shape index (κ3) is 4.33. The van der Waals surface area contributed by atoms with Crippen LogP contribution in [0.4, 0.5) is 0 Å². The van der Waals surface area contributed by atoms with E-state index >= 15 is 0 Å². The van der Waals surface area contributed by atoms with Crippen LogP contribution in [0.3, 0.4) is 0 Å². The maximum absolute atomic E-state index is 12.5. The zero-order valence-corrected chi connectivity index (χ0v) is 12.7. The highest BCUT2D eigenvalue weighted by molar-refractivity contribution is 5.85. The van der Waals surface area contributed by atoms with Crippen LogP contribution in [0.15, 0.2) is 0 Å². The van der Waals surface area contributed by atoms with E-state index in [2.05, 4.69) is 10.6 Å². The van der Waals surface area contributed by atoms with Crippen LogP contribution in [0, 0.1) is 0 Å². The molecule has 1 saturated heterocycles. The molecule has 2 fully saturated rings.